The second-order valence-corrected chi connectivity index (χ2v) is 7.45. The maximum Gasteiger partial charge on any atom is 0.338 e. The molecule has 0 aliphatic rings. The highest BCUT2D eigenvalue weighted by molar-refractivity contribution is 5.92. The number of benzene rings is 2. The molecule has 0 atom stereocenters. The SMILES string of the molecule is CN(CCCNc1cc(=O)oc2ccccc12)C(=O)c1ccc(-c2cccc([N+](=O)[O-])c2)o1. The summed E-state index contributed by atoms with van der Waals surface area (Å²) in [5, 5.41) is 15.0. The number of nitrogens with zero attached hydrogens (tertiary/aromatic N) is 2. The molecule has 2 aromatic carbocycles. The van der Waals surface area contributed by atoms with Gasteiger partial charge in [-0.1, -0.05) is 24.3 Å². The van der Waals surface area contributed by atoms with Gasteiger partial charge in [-0.25, -0.2) is 4.79 Å². The Balaban J connectivity index is 1.35. The molecule has 0 aliphatic carbocycles. The van der Waals surface area contributed by atoms with Gasteiger partial charge in [0, 0.05) is 49.3 Å². The van der Waals surface area contributed by atoms with Crippen molar-refractivity contribution in [3.63, 3.8) is 0 Å². The van der Waals surface area contributed by atoms with Crippen LogP contribution in [-0.4, -0.2) is 35.9 Å². The fourth-order valence-corrected chi connectivity index (χ4v) is 3.47. The molecule has 4 rings (SSSR count). The quantitative estimate of drug-likeness (QED) is 0.182. The van der Waals surface area contributed by atoms with Crippen LogP contribution in [0.25, 0.3) is 22.3 Å². The first-order valence-electron chi connectivity index (χ1n) is 10.3. The van der Waals surface area contributed by atoms with Crippen LogP contribution in [-0.2, 0) is 0 Å². The standard InChI is InChI=1S/C24H21N3O6/c1-26(13-5-12-25-19-15-23(28)33-21-9-3-2-8-18(19)21)24(29)22-11-10-20(32-22)16-6-4-7-17(14-16)27(30)31/h2-4,6-11,14-15,25H,5,12-13H2,1H3. The molecule has 0 saturated heterocycles. The predicted octanol–water partition coefficient (Wildman–Crippen LogP) is 4.54. The first kappa shape index (κ1) is 21.8. The van der Waals surface area contributed by atoms with E-state index in [1.807, 2.05) is 12.1 Å². The van der Waals surface area contributed by atoms with Crippen LogP contribution in [0.3, 0.4) is 0 Å². The van der Waals surface area contributed by atoms with Crippen molar-refractivity contribution in [1.82, 2.24) is 4.90 Å². The molecule has 0 bridgehead atoms. The lowest BCUT2D eigenvalue weighted by atomic mass is 10.1. The van der Waals surface area contributed by atoms with Gasteiger partial charge in [0.05, 0.1) is 10.6 Å². The van der Waals surface area contributed by atoms with Crippen molar-refractivity contribution in [1.29, 1.82) is 0 Å². The summed E-state index contributed by atoms with van der Waals surface area (Å²) in [5.41, 5.74) is 1.24. The highest BCUT2D eigenvalue weighted by Gasteiger charge is 2.17. The summed E-state index contributed by atoms with van der Waals surface area (Å²) in [6.07, 6.45) is 0.634. The van der Waals surface area contributed by atoms with Crippen LogP contribution >= 0.6 is 0 Å². The summed E-state index contributed by atoms with van der Waals surface area (Å²) >= 11 is 0. The molecular weight excluding hydrogens is 426 g/mol. The van der Waals surface area contributed by atoms with Gasteiger partial charge in [-0.3, -0.25) is 14.9 Å². The van der Waals surface area contributed by atoms with E-state index in [9.17, 15) is 19.7 Å². The molecule has 9 nitrogen and oxygen atoms in total. The number of para-hydroxylation sites is 1. The Kier molecular flexibility index (Phi) is 6.21. The molecule has 0 saturated carbocycles. The molecule has 2 aromatic heterocycles. The van der Waals surface area contributed by atoms with Gasteiger partial charge in [-0.15, -0.1) is 0 Å². The topological polar surface area (TPSA) is 119 Å². The maximum atomic E-state index is 12.7. The van der Waals surface area contributed by atoms with Gasteiger partial charge in [-0.2, -0.15) is 0 Å². The summed E-state index contributed by atoms with van der Waals surface area (Å²) in [6.45, 7) is 1.00. The van der Waals surface area contributed by atoms with Crippen LogP contribution in [0.15, 0.2) is 80.4 Å². The molecule has 168 valence electrons. The smallest absolute Gasteiger partial charge is 0.338 e. The normalized spacial score (nSPS) is 10.8. The molecule has 4 aromatic rings. The van der Waals surface area contributed by atoms with E-state index in [-0.39, 0.29) is 17.4 Å². The van der Waals surface area contributed by atoms with Gasteiger partial charge in [0.15, 0.2) is 5.76 Å². The van der Waals surface area contributed by atoms with E-state index in [0.717, 1.165) is 5.39 Å². The Labute approximate surface area is 188 Å². The van der Waals surface area contributed by atoms with E-state index in [4.69, 9.17) is 8.83 Å². The zero-order chi connectivity index (χ0) is 23.4. The number of amides is 1. The van der Waals surface area contributed by atoms with Crippen LogP contribution in [0.4, 0.5) is 11.4 Å². The number of hydrogen-bond acceptors (Lipinski definition) is 7. The number of nitro benzene ring substituents is 1. The fraction of sp³-hybridized carbons (Fsp3) is 0.167. The van der Waals surface area contributed by atoms with E-state index < -0.39 is 10.5 Å². The number of carbonyl (C=O) groups excluding carboxylic acids is 1. The van der Waals surface area contributed by atoms with Crippen LogP contribution in [0.5, 0.6) is 0 Å². The van der Waals surface area contributed by atoms with Gasteiger partial charge >= 0.3 is 5.63 Å². The molecule has 0 radical (unpaired) electrons. The number of anilines is 1. The highest BCUT2D eigenvalue weighted by atomic mass is 16.6. The summed E-state index contributed by atoms with van der Waals surface area (Å²) in [6, 6.07) is 17.9. The van der Waals surface area contributed by atoms with Gasteiger partial charge in [0.1, 0.15) is 11.3 Å². The van der Waals surface area contributed by atoms with Gasteiger partial charge in [-0.05, 0) is 30.7 Å². The lowest BCUT2D eigenvalue weighted by molar-refractivity contribution is -0.384. The lowest BCUT2D eigenvalue weighted by Crippen LogP contribution is -2.28. The Hall–Kier alpha value is -4.40. The van der Waals surface area contributed by atoms with Crippen molar-refractivity contribution in [2.24, 2.45) is 0 Å². The van der Waals surface area contributed by atoms with Gasteiger partial charge in [0.25, 0.3) is 11.6 Å². The third-order valence-electron chi connectivity index (χ3n) is 5.14. The summed E-state index contributed by atoms with van der Waals surface area (Å²) < 4.78 is 10.8. The Morgan fingerprint density at radius 1 is 1.06 bits per heavy atom. The fourth-order valence-electron chi connectivity index (χ4n) is 3.47. The maximum absolute atomic E-state index is 12.7. The highest BCUT2D eigenvalue weighted by Crippen LogP contribution is 2.26. The van der Waals surface area contributed by atoms with Crippen molar-refractivity contribution in [3.8, 4) is 11.3 Å². The van der Waals surface area contributed by atoms with Crippen LogP contribution in [0.2, 0.25) is 0 Å². The summed E-state index contributed by atoms with van der Waals surface area (Å²) in [4.78, 5) is 36.5. The molecule has 0 unspecified atom stereocenters. The number of carbonyl (C=O) groups is 1. The molecule has 0 spiro atoms. The van der Waals surface area contributed by atoms with Crippen LogP contribution in [0.1, 0.15) is 17.0 Å². The van der Waals surface area contributed by atoms with E-state index in [1.165, 1.54) is 23.1 Å². The van der Waals surface area contributed by atoms with E-state index in [2.05, 4.69) is 5.32 Å². The molecule has 9 heteroatoms. The Morgan fingerprint density at radius 2 is 1.88 bits per heavy atom. The minimum atomic E-state index is -0.481. The number of nitrogens with one attached hydrogen (secondary N) is 1. The molecular formula is C24H21N3O6. The van der Waals surface area contributed by atoms with Crippen molar-refractivity contribution in [3.05, 3.63) is 93.0 Å². The van der Waals surface area contributed by atoms with Gasteiger partial charge in [0.2, 0.25) is 0 Å². The molecule has 1 amide bonds. The number of rotatable bonds is 8. The van der Waals surface area contributed by atoms with Crippen molar-refractivity contribution in [2.45, 2.75) is 6.42 Å². The lowest BCUT2D eigenvalue weighted by Gasteiger charge is -2.16. The zero-order valence-electron chi connectivity index (χ0n) is 17.8. The van der Waals surface area contributed by atoms with Crippen molar-refractivity contribution in [2.75, 3.05) is 25.5 Å². The molecule has 1 N–H and O–H groups in total. The third kappa shape index (κ3) is 4.93. The first-order valence-corrected chi connectivity index (χ1v) is 10.3. The number of hydrogen-bond donors (Lipinski definition) is 1. The van der Waals surface area contributed by atoms with Crippen LogP contribution in [0, 0.1) is 10.1 Å². The first-order chi connectivity index (χ1) is 15.9. The average molecular weight is 447 g/mol. The molecule has 33 heavy (non-hydrogen) atoms. The minimum absolute atomic E-state index is 0.0506. The number of nitro groups is 1. The minimum Gasteiger partial charge on any atom is -0.451 e. The summed E-state index contributed by atoms with van der Waals surface area (Å²) in [5.74, 6) is 0.239. The van der Waals surface area contributed by atoms with Gasteiger partial charge < -0.3 is 19.1 Å². The summed E-state index contributed by atoms with van der Waals surface area (Å²) in [7, 11) is 1.67. The number of furan rings is 1. The largest absolute Gasteiger partial charge is 0.451 e. The van der Waals surface area contributed by atoms with E-state index >= 15 is 0 Å². The van der Waals surface area contributed by atoms with Crippen molar-refractivity contribution < 1.29 is 18.6 Å². The van der Waals surface area contributed by atoms with E-state index in [0.29, 0.717) is 42.1 Å². The third-order valence-corrected chi connectivity index (χ3v) is 5.14. The molecule has 2 heterocycles. The molecule has 0 aliphatic heterocycles. The monoisotopic (exact) mass is 447 g/mol. The van der Waals surface area contributed by atoms with E-state index in [1.54, 1.807) is 43.4 Å². The second-order valence-electron chi connectivity index (χ2n) is 7.45. The van der Waals surface area contributed by atoms with Crippen molar-refractivity contribution >= 4 is 28.3 Å². The average Bonchev–Trinajstić information content (AvgIpc) is 3.31. The van der Waals surface area contributed by atoms with Crippen LogP contribution < -0.4 is 10.9 Å². The number of non-ortho nitro benzene ring substituents is 1. The predicted molar refractivity (Wildman–Crippen MR) is 123 cm³/mol. The molecule has 0 fully saturated rings. The second kappa shape index (κ2) is 9.39. The Morgan fingerprint density at radius 3 is 2.70 bits per heavy atom. The Bertz CT molecular complexity index is 1370. The zero-order valence-corrected chi connectivity index (χ0v) is 17.8. The number of fused-ring (bicyclic) bond motifs is 1.